The first kappa shape index (κ1) is 31.7. The Kier molecular flexibility index (Phi) is 9.96. The van der Waals surface area contributed by atoms with Crippen molar-refractivity contribution in [2.75, 3.05) is 12.8 Å². The van der Waals surface area contributed by atoms with Crippen molar-refractivity contribution in [1.29, 1.82) is 0 Å². The zero-order valence-electron chi connectivity index (χ0n) is 22.4. The third-order valence-corrected chi connectivity index (χ3v) is 6.19. The molecule has 0 bridgehead atoms. The van der Waals surface area contributed by atoms with Gasteiger partial charge in [-0.3, -0.25) is 19.0 Å². The minimum atomic E-state index is -4.58. The van der Waals surface area contributed by atoms with Gasteiger partial charge >= 0.3 is 16.3 Å². The third kappa shape index (κ3) is 8.83. The minimum absolute atomic E-state index is 0.0107. The maximum atomic E-state index is 13.1. The van der Waals surface area contributed by atoms with Crippen molar-refractivity contribution in [3.63, 3.8) is 0 Å². The van der Waals surface area contributed by atoms with E-state index in [1.807, 2.05) is 0 Å². The molecule has 0 spiro atoms. The number of benzene rings is 2. The van der Waals surface area contributed by atoms with Gasteiger partial charge in [0.15, 0.2) is 0 Å². The summed E-state index contributed by atoms with van der Waals surface area (Å²) in [5.74, 6) is -0.959. The second kappa shape index (κ2) is 13.2. The summed E-state index contributed by atoms with van der Waals surface area (Å²) in [5, 5.41) is 5.43. The number of halogens is 3. The Morgan fingerprint density at radius 2 is 1.79 bits per heavy atom. The SMILES string of the molecule is Cc1ccc(C(=O)NCc2ccc(OS(C)(=O)=O)cc2)c(=O)n1-c1cccc(C(F)(F)F)c1.NC(=O)C1=CC=CNC1. The van der Waals surface area contributed by atoms with Gasteiger partial charge in [0.1, 0.15) is 11.3 Å². The minimum Gasteiger partial charge on any atom is -0.387 e. The van der Waals surface area contributed by atoms with Crippen LogP contribution in [0.25, 0.3) is 5.69 Å². The van der Waals surface area contributed by atoms with E-state index in [4.69, 9.17) is 9.92 Å². The van der Waals surface area contributed by atoms with Crippen LogP contribution in [0.5, 0.6) is 5.75 Å². The van der Waals surface area contributed by atoms with Crippen molar-refractivity contribution in [2.24, 2.45) is 5.73 Å². The lowest BCUT2D eigenvalue weighted by molar-refractivity contribution is -0.137. The molecule has 2 heterocycles. The van der Waals surface area contributed by atoms with Gasteiger partial charge in [-0.2, -0.15) is 21.6 Å². The van der Waals surface area contributed by atoms with Crippen LogP contribution in [0.3, 0.4) is 0 Å². The van der Waals surface area contributed by atoms with E-state index < -0.39 is 33.3 Å². The number of carbonyl (C=O) groups excluding carboxylic acids is 2. The molecule has 222 valence electrons. The number of primary amides is 1. The van der Waals surface area contributed by atoms with Gasteiger partial charge in [-0.05, 0) is 67.2 Å². The molecule has 1 aliphatic heterocycles. The van der Waals surface area contributed by atoms with Crippen LogP contribution in [0.15, 0.2) is 89.4 Å². The van der Waals surface area contributed by atoms with Gasteiger partial charge in [-0.1, -0.05) is 24.3 Å². The first-order valence-electron chi connectivity index (χ1n) is 12.2. The molecule has 0 saturated carbocycles. The summed E-state index contributed by atoms with van der Waals surface area (Å²) in [6.07, 6.45) is 1.56. The van der Waals surface area contributed by atoms with Crippen molar-refractivity contribution in [3.05, 3.63) is 117 Å². The molecule has 4 N–H and O–H groups in total. The number of pyridine rings is 1. The molecule has 0 unspecified atom stereocenters. The van der Waals surface area contributed by atoms with Gasteiger partial charge in [0, 0.05) is 30.0 Å². The average molecular weight is 605 g/mol. The fourth-order valence-electron chi connectivity index (χ4n) is 3.69. The fourth-order valence-corrected chi connectivity index (χ4v) is 4.15. The van der Waals surface area contributed by atoms with Gasteiger partial charge in [0.05, 0.1) is 11.8 Å². The highest BCUT2D eigenvalue weighted by Crippen LogP contribution is 2.30. The highest BCUT2D eigenvalue weighted by Gasteiger charge is 2.30. The zero-order valence-corrected chi connectivity index (χ0v) is 23.3. The Morgan fingerprint density at radius 1 is 1.10 bits per heavy atom. The van der Waals surface area contributed by atoms with Crippen LogP contribution in [-0.4, -0.2) is 37.6 Å². The number of allylic oxidation sites excluding steroid dienone is 2. The number of dihydropyridines is 1. The summed E-state index contributed by atoms with van der Waals surface area (Å²) < 4.78 is 67.3. The van der Waals surface area contributed by atoms with Gasteiger partial charge in [-0.25, -0.2) is 0 Å². The smallest absolute Gasteiger partial charge is 0.387 e. The first-order valence-corrected chi connectivity index (χ1v) is 14.0. The molecule has 2 amide bonds. The highest BCUT2D eigenvalue weighted by atomic mass is 32.2. The number of alkyl halides is 3. The third-order valence-electron chi connectivity index (χ3n) is 5.70. The molecule has 0 saturated heterocycles. The largest absolute Gasteiger partial charge is 0.416 e. The number of aryl methyl sites for hydroxylation is 1. The van der Waals surface area contributed by atoms with Gasteiger partial charge < -0.3 is 20.6 Å². The van der Waals surface area contributed by atoms with Crippen LogP contribution in [0, 0.1) is 6.92 Å². The maximum absolute atomic E-state index is 13.1. The molecular formula is C28H27F3N4O6S. The highest BCUT2D eigenvalue weighted by molar-refractivity contribution is 7.86. The molecule has 0 aliphatic carbocycles. The molecule has 14 heteroatoms. The van der Waals surface area contributed by atoms with Crippen LogP contribution in [0.4, 0.5) is 13.2 Å². The summed E-state index contributed by atoms with van der Waals surface area (Å²) in [6, 6.07) is 13.0. The number of hydrogen-bond donors (Lipinski definition) is 3. The summed E-state index contributed by atoms with van der Waals surface area (Å²) >= 11 is 0. The predicted molar refractivity (Wildman–Crippen MR) is 149 cm³/mol. The average Bonchev–Trinajstić information content (AvgIpc) is 2.92. The van der Waals surface area contributed by atoms with Crippen molar-refractivity contribution < 1.29 is 35.4 Å². The molecule has 4 rings (SSSR count). The molecular weight excluding hydrogens is 577 g/mol. The van der Waals surface area contributed by atoms with Crippen LogP contribution in [-0.2, 0) is 27.6 Å². The standard InChI is InChI=1S/C22H19F3N2O5S.C6H8N2O/c1-14-6-11-19(21(29)27(14)17-5-3-4-16(12-17)22(23,24)25)20(28)26-13-15-7-9-18(10-8-15)32-33(2,30)31;7-6(9)5-2-1-3-8-4-5/h3-12H,13H2,1-2H3,(H,26,28);1-3,8H,4H2,(H2,7,9). The van der Waals surface area contributed by atoms with Gasteiger partial charge in [0.25, 0.3) is 11.5 Å². The molecule has 1 aromatic heterocycles. The number of amides is 2. The number of rotatable bonds is 7. The van der Waals surface area contributed by atoms with E-state index >= 15 is 0 Å². The van der Waals surface area contributed by atoms with Crippen molar-refractivity contribution in [1.82, 2.24) is 15.2 Å². The number of nitrogens with one attached hydrogen (secondary N) is 2. The lowest BCUT2D eigenvalue weighted by Crippen LogP contribution is -2.33. The van der Waals surface area contributed by atoms with Gasteiger partial charge in [0.2, 0.25) is 5.91 Å². The predicted octanol–water partition coefficient (Wildman–Crippen LogP) is 2.95. The van der Waals surface area contributed by atoms with Gasteiger partial charge in [-0.15, -0.1) is 0 Å². The Bertz CT molecular complexity index is 1700. The van der Waals surface area contributed by atoms with Crippen LogP contribution >= 0.6 is 0 Å². The number of nitrogens with zero attached hydrogens (tertiary/aromatic N) is 1. The molecule has 2 aromatic carbocycles. The van der Waals surface area contributed by atoms with E-state index in [0.717, 1.165) is 23.0 Å². The summed E-state index contributed by atoms with van der Waals surface area (Å²) in [7, 11) is -3.67. The Hall–Kier alpha value is -4.85. The number of carbonyl (C=O) groups is 2. The van der Waals surface area contributed by atoms with Crippen LogP contribution < -0.4 is 26.1 Å². The van der Waals surface area contributed by atoms with E-state index in [-0.39, 0.29) is 29.5 Å². The number of nitrogens with two attached hydrogens (primary N) is 1. The Balaban J connectivity index is 0.000000458. The Labute approximate surface area is 239 Å². The summed E-state index contributed by atoms with van der Waals surface area (Å²) in [5.41, 5.74) is 4.65. The molecule has 0 radical (unpaired) electrons. The zero-order chi connectivity index (χ0) is 31.1. The molecule has 10 nitrogen and oxygen atoms in total. The maximum Gasteiger partial charge on any atom is 0.416 e. The molecule has 0 fully saturated rings. The number of hydrogen-bond acceptors (Lipinski definition) is 7. The first-order chi connectivity index (χ1) is 19.7. The lowest BCUT2D eigenvalue weighted by atomic mass is 10.1. The van der Waals surface area contributed by atoms with Crippen LogP contribution in [0.2, 0.25) is 0 Å². The van der Waals surface area contributed by atoms with E-state index in [1.165, 1.54) is 48.5 Å². The molecule has 1 aliphatic rings. The molecule has 0 atom stereocenters. The number of aromatic nitrogens is 1. The molecule has 42 heavy (non-hydrogen) atoms. The summed E-state index contributed by atoms with van der Waals surface area (Å²) in [6.45, 7) is 2.12. The van der Waals surface area contributed by atoms with Crippen molar-refractivity contribution in [3.8, 4) is 11.4 Å². The van der Waals surface area contributed by atoms with E-state index in [2.05, 4.69) is 10.6 Å². The topological polar surface area (TPSA) is 150 Å². The molecule has 3 aromatic rings. The normalized spacial score (nSPS) is 12.7. The summed E-state index contributed by atoms with van der Waals surface area (Å²) in [4.78, 5) is 36.0. The lowest BCUT2D eigenvalue weighted by Gasteiger charge is -2.14. The quantitative estimate of drug-likeness (QED) is 0.351. The second-order valence-corrected chi connectivity index (χ2v) is 10.6. The van der Waals surface area contributed by atoms with Crippen molar-refractivity contribution >= 4 is 21.9 Å². The van der Waals surface area contributed by atoms with E-state index in [0.29, 0.717) is 23.4 Å². The van der Waals surface area contributed by atoms with Crippen molar-refractivity contribution in [2.45, 2.75) is 19.6 Å². The van der Waals surface area contributed by atoms with E-state index in [1.54, 1.807) is 25.3 Å². The monoisotopic (exact) mass is 604 g/mol. The Morgan fingerprint density at radius 3 is 2.33 bits per heavy atom. The van der Waals surface area contributed by atoms with Crippen LogP contribution in [0.1, 0.15) is 27.2 Å². The van der Waals surface area contributed by atoms with E-state index in [9.17, 15) is 36.0 Å². The second-order valence-electron chi connectivity index (χ2n) is 8.99. The fraction of sp³-hybridized carbons (Fsp3) is 0.179.